The van der Waals surface area contributed by atoms with Crippen LogP contribution in [0.15, 0.2) is 6.20 Å². The van der Waals surface area contributed by atoms with Gasteiger partial charge in [-0.05, 0) is 12.8 Å². The lowest BCUT2D eigenvalue weighted by atomic mass is 10.3. The summed E-state index contributed by atoms with van der Waals surface area (Å²) in [5, 5.41) is 6.96. The van der Waals surface area contributed by atoms with E-state index in [9.17, 15) is 4.79 Å². The van der Waals surface area contributed by atoms with Crippen LogP contribution in [0, 0.1) is 0 Å². The number of aromatic nitrogens is 2. The molecule has 0 aromatic carbocycles. The minimum Gasteiger partial charge on any atom is -0.396 e. The third kappa shape index (κ3) is 3.25. The smallest absolute Gasteiger partial charge is 0.273 e. The summed E-state index contributed by atoms with van der Waals surface area (Å²) in [4.78, 5) is 11.7. The second-order valence-electron chi connectivity index (χ2n) is 3.81. The van der Waals surface area contributed by atoms with Crippen LogP contribution >= 0.6 is 0 Å². The van der Waals surface area contributed by atoms with Gasteiger partial charge >= 0.3 is 0 Å². The fraction of sp³-hybridized carbons (Fsp3) is 0.636. The molecule has 1 heterocycles. The number of anilines is 1. The van der Waals surface area contributed by atoms with Crippen molar-refractivity contribution < 1.29 is 4.79 Å². The van der Waals surface area contributed by atoms with Crippen LogP contribution in [0.3, 0.4) is 0 Å². The molecule has 5 nitrogen and oxygen atoms in total. The Morgan fingerprint density at radius 3 is 2.88 bits per heavy atom. The Morgan fingerprint density at radius 1 is 1.50 bits per heavy atom. The van der Waals surface area contributed by atoms with Gasteiger partial charge in [0.05, 0.1) is 5.69 Å². The van der Waals surface area contributed by atoms with Gasteiger partial charge in [0.2, 0.25) is 0 Å². The standard InChI is InChI=1S/C11H20N4O/c1-3-5-6-13-11(16)10-9(12)8-15(14-10)7-4-2/h8H,3-7,12H2,1-2H3,(H,13,16). The van der Waals surface area contributed by atoms with E-state index in [1.54, 1.807) is 10.9 Å². The number of carbonyl (C=O) groups excluding carboxylic acids is 1. The number of unbranched alkanes of at least 4 members (excludes halogenated alkanes) is 1. The van der Waals surface area contributed by atoms with Crippen molar-refractivity contribution in [2.45, 2.75) is 39.7 Å². The van der Waals surface area contributed by atoms with Crippen LogP contribution in [0.2, 0.25) is 0 Å². The maximum absolute atomic E-state index is 11.7. The maximum Gasteiger partial charge on any atom is 0.273 e. The van der Waals surface area contributed by atoms with Gasteiger partial charge in [0, 0.05) is 19.3 Å². The Morgan fingerprint density at radius 2 is 2.25 bits per heavy atom. The highest BCUT2D eigenvalue weighted by Gasteiger charge is 2.13. The van der Waals surface area contributed by atoms with E-state index in [1.165, 1.54) is 0 Å². The highest BCUT2D eigenvalue weighted by Crippen LogP contribution is 2.09. The molecule has 0 aliphatic rings. The number of hydrogen-bond acceptors (Lipinski definition) is 3. The van der Waals surface area contributed by atoms with Gasteiger partial charge in [0.15, 0.2) is 5.69 Å². The molecule has 0 radical (unpaired) electrons. The summed E-state index contributed by atoms with van der Waals surface area (Å²) in [6.07, 6.45) is 4.71. The normalized spacial score (nSPS) is 10.4. The van der Waals surface area contributed by atoms with E-state index in [2.05, 4.69) is 24.3 Å². The summed E-state index contributed by atoms with van der Waals surface area (Å²) in [5.74, 6) is -0.180. The van der Waals surface area contributed by atoms with Gasteiger partial charge in [-0.3, -0.25) is 9.48 Å². The highest BCUT2D eigenvalue weighted by molar-refractivity contribution is 5.96. The van der Waals surface area contributed by atoms with Crippen molar-refractivity contribution in [3.8, 4) is 0 Å². The molecule has 1 aromatic rings. The zero-order valence-electron chi connectivity index (χ0n) is 9.99. The molecule has 5 heteroatoms. The van der Waals surface area contributed by atoms with Gasteiger partial charge < -0.3 is 11.1 Å². The lowest BCUT2D eigenvalue weighted by Gasteiger charge is -2.01. The number of nitrogens with one attached hydrogen (secondary N) is 1. The Hall–Kier alpha value is -1.52. The first-order valence-electron chi connectivity index (χ1n) is 5.80. The molecular weight excluding hydrogens is 204 g/mol. The molecule has 0 bridgehead atoms. The highest BCUT2D eigenvalue weighted by atomic mass is 16.1. The topological polar surface area (TPSA) is 72.9 Å². The van der Waals surface area contributed by atoms with Crippen molar-refractivity contribution in [3.05, 3.63) is 11.9 Å². The van der Waals surface area contributed by atoms with Gasteiger partial charge in [-0.25, -0.2) is 0 Å². The van der Waals surface area contributed by atoms with Crippen LogP contribution in [0.5, 0.6) is 0 Å². The molecule has 0 saturated carbocycles. The monoisotopic (exact) mass is 224 g/mol. The first kappa shape index (κ1) is 12.5. The zero-order valence-corrected chi connectivity index (χ0v) is 9.99. The Labute approximate surface area is 96.0 Å². The number of amides is 1. The van der Waals surface area contributed by atoms with Gasteiger partial charge in [0.1, 0.15) is 0 Å². The Kier molecular flexibility index (Phi) is 4.82. The molecule has 1 aromatic heterocycles. The van der Waals surface area contributed by atoms with E-state index in [0.29, 0.717) is 17.9 Å². The molecule has 0 aliphatic carbocycles. The van der Waals surface area contributed by atoms with Gasteiger partial charge in [-0.2, -0.15) is 5.10 Å². The predicted octanol–water partition coefficient (Wildman–Crippen LogP) is 1.41. The van der Waals surface area contributed by atoms with Crippen molar-refractivity contribution in [2.75, 3.05) is 12.3 Å². The van der Waals surface area contributed by atoms with Crippen molar-refractivity contribution >= 4 is 11.6 Å². The first-order valence-corrected chi connectivity index (χ1v) is 5.80. The SMILES string of the molecule is CCCCNC(=O)c1nn(CCC)cc1N. The van der Waals surface area contributed by atoms with E-state index in [1.807, 2.05) is 0 Å². The summed E-state index contributed by atoms with van der Waals surface area (Å²) in [6.45, 7) is 5.59. The average Bonchev–Trinajstić information content (AvgIpc) is 2.60. The average molecular weight is 224 g/mol. The molecule has 0 spiro atoms. The molecule has 16 heavy (non-hydrogen) atoms. The molecule has 0 fully saturated rings. The van der Waals surface area contributed by atoms with Crippen LogP contribution in [-0.4, -0.2) is 22.2 Å². The molecule has 1 amide bonds. The molecule has 0 saturated heterocycles. The Bertz CT molecular complexity index is 346. The lowest BCUT2D eigenvalue weighted by molar-refractivity contribution is 0.0948. The number of hydrogen-bond donors (Lipinski definition) is 2. The first-order chi connectivity index (χ1) is 7.69. The van der Waals surface area contributed by atoms with Crippen LogP contribution < -0.4 is 11.1 Å². The second kappa shape index (κ2) is 6.15. The molecule has 3 N–H and O–H groups in total. The molecular formula is C11H20N4O. The number of aryl methyl sites for hydroxylation is 1. The number of nitrogen functional groups attached to an aromatic ring is 1. The minimum atomic E-state index is -0.180. The van der Waals surface area contributed by atoms with E-state index >= 15 is 0 Å². The quantitative estimate of drug-likeness (QED) is 0.717. The molecule has 0 unspecified atom stereocenters. The van der Waals surface area contributed by atoms with E-state index in [4.69, 9.17) is 5.73 Å². The summed E-state index contributed by atoms with van der Waals surface area (Å²) in [6, 6.07) is 0. The van der Waals surface area contributed by atoms with E-state index < -0.39 is 0 Å². The molecule has 0 aliphatic heterocycles. The number of carbonyl (C=O) groups is 1. The molecule has 0 atom stereocenters. The van der Waals surface area contributed by atoms with Gasteiger partial charge in [-0.15, -0.1) is 0 Å². The summed E-state index contributed by atoms with van der Waals surface area (Å²) in [7, 11) is 0. The minimum absolute atomic E-state index is 0.180. The maximum atomic E-state index is 11.7. The van der Waals surface area contributed by atoms with Crippen LogP contribution in [0.1, 0.15) is 43.6 Å². The summed E-state index contributed by atoms with van der Waals surface area (Å²) < 4.78 is 1.71. The molecule has 90 valence electrons. The van der Waals surface area contributed by atoms with Crippen molar-refractivity contribution in [3.63, 3.8) is 0 Å². The van der Waals surface area contributed by atoms with Crippen LogP contribution in [-0.2, 0) is 6.54 Å². The lowest BCUT2D eigenvalue weighted by Crippen LogP contribution is -2.25. The van der Waals surface area contributed by atoms with Crippen molar-refractivity contribution in [1.29, 1.82) is 0 Å². The summed E-state index contributed by atoms with van der Waals surface area (Å²) in [5.41, 5.74) is 6.52. The van der Waals surface area contributed by atoms with Crippen LogP contribution in [0.25, 0.3) is 0 Å². The fourth-order valence-electron chi connectivity index (χ4n) is 1.42. The largest absolute Gasteiger partial charge is 0.396 e. The number of nitrogens with zero attached hydrogens (tertiary/aromatic N) is 2. The summed E-state index contributed by atoms with van der Waals surface area (Å²) >= 11 is 0. The predicted molar refractivity (Wildman–Crippen MR) is 64.2 cm³/mol. The Balaban J connectivity index is 2.60. The van der Waals surface area contributed by atoms with Gasteiger partial charge in [-0.1, -0.05) is 20.3 Å². The van der Waals surface area contributed by atoms with Gasteiger partial charge in [0.25, 0.3) is 5.91 Å². The van der Waals surface area contributed by atoms with E-state index in [0.717, 1.165) is 25.8 Å². The number of rotatable bonds is 6. The fourth-order valence-corrected chi connectivity index (χ4v) is 1.42. The van der Waals surface area contributed by atoms with Crippen LogP contribution in [0.4, 0.5) is 5.69 Å². The molecule has 1 rings (SSSR count). The van der Waals surface area contributed by atoms with Crippen molar-refractivity contribution in [1.82, 2.24) is 15.1 Å². The zero-order chi connectivity index (χ0) is 12.0. The third-order valence-corrected chi connectivity index (χ3v) is 2.27. The number of nitrogens with two attached hydrogens (primary N) is 1. The third-order valence-electron chi connectivity index (χ3n) is 2.27. The van der Waals surface area contributed by atoms with E-state index in [-0.39, 0.29) is 5.91 Å². The second-order valence-corrected chi connectivity index (χ2v) is 3.81. The van der Waals surface area contributed by atoms with Crippen molar-refractivity contribution in [2.24, 2.45) is 0 Å².